The summed E-state index contributed by atoms with van der Waals surface area (Å²) < 4.78 is 3.45. The van der Waals surface area contributed by atoms with Crippen LogP contribution in [0.15, 0.2) is 16.7 Å². The molecule has 2 aromatic rings. The number of thiophene rings is 1. The van der Waals surface area contributed by atoms with Gasteiger partial charge in [0.25, 0.3) is 0 Å². The molecule has 0 fully saturated rings. The van der Waals surface area contributed by atoms with E-state index in [9.17, 15) is 0 Å². The van der Waals surface area contributed by atoms with Gasteiger partial charge in [0, 0.05) is 10.9 Å². The van der Waals surface area contributed by atoms with Crippen LogP contribution in [-0.4, -0.2) is 9.55 Å². The van der Waals surface area contributed by atoms with Gasteiger partial charge in [-0.1, -0.05) is 0 Å². The summed E-state index contributed by atoms with van der Waals surface area (Å²) in [5.74, 6) is 1.14. The first-order valence-electron chi connectivity index (χ1n) is 6.00. The van der Waals surface area contributed by atoms with E-state index in [1.54, 1.807) is 0 Å². The smallest absolute Gasteiger partial charge is 0.151 e. The standard InChI is InChI=1S/C13H15BrN2S/c1-8-4-3-5-10-12(14)15-13(16(8)10)11-7-6-9(2)17-11/h6-8H,3-5H2,1-2H3. The van der Waals surface area contributed by atoms with E-state index in [2.05, 4.69) is 46.5 Å². The fourth-order valence-electron chi connectivity index (χ4n) is 2.56. The molecule has 2 nitrogen and oxygen atoms in total. The van der Waals surface area contributed by atoms with Crippen molar-refractivity contribution in [3.63, 3.8) is 0 Å². The maximum absolute atomic E-state index is 4.72. The van der Waals surface area contributed by atoms with Crippen molar-refractivity contribution in [3.05, 3.63) is 27.3 Å². The monoisotopic (exact) mass is 310 g/mol. The van der Waals surface area contributed by atoms with Gasteiger partial charge in [0.15, 0.2) is 5.82 Å². The van der Waals surface area contributed by atoms with Crippen molar-refractivity contribution in [2.24, 2.45) is 0 Å². The Bertz CT molecular complexity index is 556. The van der Waals surface area contributed by atoms with Crippen molar-refractivity contribution in [1.82, 2.24) is 9.55 Å². The van der Waals surface area contributed by atoms with Crippen molar-refractivity contribution in [1.29, 1.82) is 0 Å². The van der Waals surface area contributed by atoms with E-state index in [-0.39, 0.29) is 0 Å². The predicted octanol–water partition coefficient (Wildman–Crippen LogP) is 4.58. The summed E-state index contributed by atoms with van der Waals surface area (Å²) in [4.78, 5) is 7.34. The molecular weight excluding hydrogens is 296 g/mol. The largest absolute Gasteiger partial charge is 0.323 e. The third kappa shape index (κ3) is 1.87. The third-order valence-electron chi connectivity index (χ3n) is 3.40. The van der Waals surface area contributed by atoms with Gasteiger partial charge in [-0.3, -0.25) is 0 Å². The topological polar surface area (TPSA) is 17.8 Å². The van der Waals surface area contributed by atoms with E-state index in [1.165, 1.54) is 28.3 Å². The summed E-state index contributed by atoms with van der Waals surface area (Å²) in [7, 11) is 0. The summed E-state index contributed by atoms with van der Waals surface area (Å²) in [5.41, 5.74) is 1.37. The fourth-order valence-corrected chi connectivity index (χ4v) is 3.97. The first-order chi connectivity index (χ1) is 8.16. The number of imidazole rings is 1. The summed E-state index contributed by atoms with van der Waals surface area (Å²) in [6.07, 6.45) is 3.67. The molecule has 3 rings (SSSR count). The molecule has 2 aromatic heterocycles. The minimum Gasteiger partial charge on any atom is -0.323 e. The maximum Gasteiger partial charge on any atom is 0.151 e. The normalized spacial score (nSPS) is 19.4. The van der Waals surface area contributed by atoms with Gasteiger partial charge in [-0.2, -0.15) is 0 Å². The van der Waals surface area contributed by atoms with E-state index in [0.717, 1.165) is 16.8 Å². The zero-order chi connectivity index (χ0) is 12.0. The molecule has 1 aliphatic heterocycles. The lowest BCUT2D eigenvalue weighted by Crippen LogP contribution is -2.15. The number of nitrogens with zero attached hydrogens (tertiary/aromatic N) is 2. The van der Waals surface area contributed by atoms with Gasteiger partial charge in [-0.25, -0.2) is 4.98 Å². The summed E-state index contributed by atoms with van der Waals surface area (Å²) in [6, 6.07) is 4.92. The number of halogens is 1. The number of fused-ring (bicyclic) bond motifs is 1. The zero-order valence-electron chi connectivity index (χ0n) is 10.0. The SMILES string of the molecule is Cc1ccc(-c2nc(Br)c3n2C(C)CCC3)s1. The molecule has 0 radical (unpaired) electrons. The molecule has 17 heavy (non-hydrogen) atoms. The second-order valence-electron chi connectivity index (χ2n) is 4.69. The molecule has 1 aliphatic rings. The Labute approximate surface area is 114 Å². The van der Waals surface area contributed by atoms with Crippen LogP contribution in [-0.2, 0) is 6.42 Å². The highest BCUT2D eigenvalue weighted by Crippen LogP contribution is 2.37. The third-order valence-corrected chi connectivity index (χ3v) is 5.03. The van der Waals surface area contributed by atoms with Crippen molar-refractivity contribution in [2.75, 3.05) is 0 Å². The van der Waals surface area contributed by atoms with Gasteiger partial charge in [0.1, 0.15) is 4.60 Å². The minimum absolute atomic E-state index is 0.565. The van der Waals surface area contributed by atoms with Gasteiger partial charge in [0.05, 0.1) is 10.6 Å². The molecule has 1 unspecified atom stereocenters. The molecule has 3 heterocycles. The van der Waals surface area contributed by atoms with E-state index in [1.807, 2.05) is 11.3 Å². The van der Waals surface area contributed by atoms with Gasteiger partial charge in [-0.15, -0.1) is 11.3 Å². The lowest BCUT2D eigenvalue weighted by molar-refractivity contribution is 0.435. The molecular formula is C13H15BrN2S. The van der Waals surface area contributed by atoms with E-state index in [4.69, 9.17) is 4.98 Å². The minimum atomic E-state index is 0.565. The van der Waals surface area contributed by atoms with Crippen LogP contribution >= 0.6 is 27.3 Å². The lowest BCUT2D eigenvalue weighted by Gasteiger charge is -2.23. The highest BCUT2D eigenvalue weighted by atomic mass is 79.9. The zero-order valence-corrected chi connectivity index (χ0v) is 12.4. The number of hydrogen-bond acceptors (Lipinski definition) is 2. The number of rotatable bonds is 1. The van der Waals surface area contributed by atoms with Crippen LogP contribution in [0.25, 0.3) is 10.7 Å². The van der Waals surface area contributed by atoms with E-state index < -0.39 is 0 Å². The second-order valence-corrected chi connectivity index (χ2v) is 6.73. The molecule has 4 heteroatoms. The lowest BCUT2D eigenvalue weighted by atomic mass is 10.0. The van der Waals surface area contributed by atoms with Crippen molar-refractivity contribution in [3.8, 4) is 10.7 Å². The second kappa shape index (κ2) is 4.25. The van der Waals surface area contributed by atoms with E-state index >= 15 is 0 Å². The molecule has 0 N–H and O–H groups in total. The summed E-state index contributed by atoms with van der Waals surface area (Å²) in [5, 5.41) is 0. The number of aryl methyl sites for hydroxylation is 1. The molecule has 0 amide bonds. The highest BCUT2D eigenvalue weighted by molar-refractivity contribution is 9.10. The van der Waals surface area contributed by atoms with Crippen LogP contribution < -0.4 is 0 Å². The van der Waals surface area contributed by atoms with Gasteiger partial charge < -0.3 is 4.57 Å². The number of hydrogen-bond donors (Lipinski definition) is 0. The Morgan fingerprint density at radius 3 is 3.00 bits per heavy atom. The van der Waals surface area contributed by atoms with Crippen LogP contribution in [0.1, 0.15) is 36.4 Å². The molecule has 0 saturated carbocycles. The molecule has 0 aromatic carbocycles. The molecule has 0 spiro atoms. The predicted molar refractivity (Wildman–Crippen MR) is 75.6 cm³/mol. The fraction of sp³-hybridized carbons (Fsp3) is 0.462. The average Bonchev–Trinajstić information content (AvgIpc) is 2.85. The Morgan fingerprint density at radius 2 is 2.29 bits per heavy atom. The van der Waals surface area contributed by atoms with Crippen LogP contribution in [0, 0.1) is 6.92 Å². The molecule has 0 aliphatic carbocycles. The molecule has 90 valence electrons. The van der Waals surface area contributed by atoms with Gasteiger partial charge in [-0.05, 0) is 61.2 Å². The quantitative estimate of drug-likeness (QED) is 0.754. The molecule has 0 saturated heterocycles. The van der Waals surface area contributed by atoms with Crippen LogP contribution in [0.2, 0.25) is 0 Å². The Balaban J connectivity index is 2.18. The highest BCUT2D eigenvalue weighted by Gasteiger charge is 2.24. The first-order valence-corrected chi connectivity index (χ1v) is 7.61. The van der Waals surface area contributed by atoms with Gasteiger partial charge >= 0.3 is 0 Å². The number of aromatic nitrogens is 2. The molecule has 1 atom stereocenters. The van der Waals surface area contributed by atoms with Crippen LogP contribution in [0.5, 0.6) is 0 Å². The molecule has 0 bridgehead atoms. The summed E-state index contributed by atoms with van der Waals surface area (Å²) in [6.45, 7) is 4.44. The maximum atomic E-state index is 4.72. The average molecular weight is 311 g/mol. The van der Waals surface area contributed by atoms with Gasteiger partial charge in [0.2, 0.25) is 0 Å². The van der Waals surface area contributed by atoms with Crippen molar-refractivity contribution in [2.45, 2.75) is 39.2 Å². The summed E-state index contributed by atoms with van der Waals surface area (Å²) >= 11 is 5.43. The van der Waals surface area contributed by atoms with Crippen molar-refractivity contribution < 1.29 is 0 Å². The van der Waals surface area contributed by atoms with Crippen LogP contribution in [0.4, 0.5) is 0 Å². The van der Waals surface area contributed by atoms with E-state index in [0.29, 0.717) is 6.04 Å². The van der Waals surface area contributed by atoms with Crippen molar-refractivity contribution >= 4 is 27.3 Å². The Kier molecular flexibility index (Phi) is 2.87. The van der Waals surface area contributed by atoms with Crippen LogP contribution in [0.3, 0.4) is 0 Å². The Morgan fingerprint density at radius 1 is 1.47 bits per heavy atom. The Hall–Kier alpha value is -0.610. The first kappa shape index (κ1) is 11.5.